The van der Waals surface area contributed by atoms with E-state index in [0.29, 0.717) is 48.9 Å². The van der Waals surface area contributed by atoms with Gasteiger partial charge in [-0.05, 0) is 43.2 Å². The number of amides is 2. The summed E-state index contributed by atoms with van der Waals surface area (Å²) in [7, 11) is 3.10. The zero-order valence-electron chi connectivity index (χ0n) is 20.6. The lowest BCUT2D eigenvalue weighted by Crippen LogP contribution is -2.33. The maximum absolute atomic E-state index is 13.4. The molecule has 0 aliphatic carbocycles. The second-order valence-corrected chi connectivity index (χ2v) is 7.94. The second kappa shape index (κ2) is 12.2. The maximum atomic E-state index is 13.4. The molecule has 1 heterocycles. The molecule has 0 spiro atoms. The van der Waals surface area contributed by atoms with Crippen molar-refractivity contribution in [3.05, 3.63) is 58.7 Å². The van der Waals surface area contributed by atoms with Crippen molar-refractivity contribution in [1.82, 2.24) is 10.2 Å². The molecule has 0 bridgehead atoms. The van der Waals surface area contributed by atoms with Gasteiger partial charge < -0.3 is 29.2 Å². The molecular weight excluding hydrogens is 452 g/mol. The van der Waals surface area contributed by atoms with Gasteiger partial charge in [-0.2, -0.15) is 0 Å². The largest absolute Gasteiger partial charge is 0.493 e. The van der Waals surface area contributed by atoms with Gasteiger partial charge in [0.15, 0.2) is 11.5 Å². The van der Waals surface area contributed by atoms with Gasteiger partial charge in [-0.3, -0.25) is 14.4 Å². The number of esters is 1. The Bertz CT molecular complexity index is 1070. The molecule has 3 rings (SSSR count). The normalized spacial score (nSPS) is 13.3. The highest BCUT2D eigenvalue weighted by molar-refractivity contribution is 6.09. The zero-order valence-corrected chi connectivity index (χ0v) is 20.6. The SMILES string of the molecule is CCOC(=O)CC(NC(=O)c1cccc2c1C(=O)N(CCOC)C2)c1ccc(OCC)c(OC)c1. The highest BCUT2D eigenvalue weighted by atomic mass is 16.5. The van der Waals surface area contributed by atoms with Gasteiger partial charge in [-0.1, -0.05) is 18.2 Å². The molecule has 1 unspecified atom stereocenters. The molecule has 188 valence electrons. The average Bonchev–Trinajstić information content (AvgIpc) is 3.18. The third kappa shape index (κ3) is 6.10. The van der Waals surface area contributed by atoms with Crippen LogP contribution < -0.4 is 14.8 Å². The number of rotatable bonds is 12. The third-order valence-electron chi connectivity index (χ3n) is 5.69. The number of nitrogens with one attached hydrogen (secondary N) is 1. The van der Waals surface area contributed by atoms with E-state index in [4.69, 9.17) is 18.9 Å². The first-order valence-electron chi connectivity index (χ1n) is 11.6. The fourth-order valence-corrected chi connectivity index (χ4v) is 4.04. The molecule has 9 heteroatoms. The lowest BCUT2D eigenvalue weighted by atomic mass is 9.99. The fraction of sp³-hybridized carbons (Fsp3) is 0.423. The van der Waals surface area contributed by atoms with Crippen LogP contribution in [-0.4, -0.2) is 63.3 Å². The van der Waals surface area contributed by atoms with Gasteiger partial charge in [0.2, 0.25) is 0 Å². The molecule has 1 atom stereocenters. The topological polar surface area (TPSA) is 103 Å². The first-order chi connectivity index (χ1) is 16.9. The van der Waals surface area contributed by atoms with Crippen LogP contribution >= 0.6 is 0 Å². The van der Waals surface area contributed by atoms with Crippen molar-refractivity contribution >= 4 is 17.8 Å². The molecule has 2 aromatic rings. The predicted molar refractivity (Wildman–Crippen MR) is 129 cm³/mol. The molecule has 0 saturated carbocycles. The zero-order chi connectivity index (χ0) is 25.4. The van der Waals surface area contributed by atoms with E-state index in [1.807, 2.05) is 13.0 Å². The highest BCUT2D eigenvalue weighted by Crippen LogP contribution is 2.32. The van der Waals surface area contributed by atoms with E-state index in [0.717, 1.165) is 5.56 Å². The lowest BCUT2D eigenvalue weighted by Gasteiger charge is -2.21. The Morgan fingerprint density at radius 1 is 1.09 bits per heavy atom. The molecule has 0 fully saturated rings. The number of carbonyl (C=O) groups excluding carboxylic acids is 3. The van der Waals surface area contributed by atoms with E-state index in [9.17, 15) is 14.4 Å². The van der Waals surface area contributed by atoms with Crippen molar-refractivity contribution in [2.75, 3.05) is 40.6 Å². The molecule has 0 radical (unpaired) electrons. The van der Waals surface area contributed by atoms with Gasteiger partial charge >= 0.3 is 5.97 Å². The monoisotopic (exact) mass is 484 g/mol. The highest BCUT2D eigenvalue weighted by Gasteiger charge is 2.32. The lowest BCUT2D eigenvalue weighted by molar-refractivity contribution is -0.143. The number of hydrogen-bond acceptors (Lipinski definition) is 7. The van der Waals surface area contributed by atoms with Crippen LogP contribution in [0.25, 0.3) is 0 Å². The van der Waals surface area contributed by atoms with Crippen molar-refractivity contribution in [2.45, 2.75) is 32.9 Å². The van der Waals surface area contributed by atoms with Gasteiger partial charge in [0, 0.05) is 20.2 Å². The first kappa shape index (κ1) is 26.0. The average molecular weight is 485 g/mol. The smallest absolute Gasteiger partial charge is 0.308 e. The Morgan fingerprint density at radius 3 is 2.57 bits per heavy atom. The first-order valence-corrected chi connectivity index (χ1v) is 11.6. The quantitative estimate of drug-likeness (QED) is 0.462. The number of carbonyl (C=O) groups is 3. The van der Waals surface area contributed by atoms with E-state index in [-0.39, 0.29) is 24.5 Å². The van der Waals surface area contributed by atoms with Gasteiger partial charge in [-0.25, -0.2) is 0 Å². The summed E-state index contributed by atoms with van der Waals surface area (Å²) < 4.78 is 21.2. The van der Waals surface area contributed by atoms with Crippen LogP contribution in [0.4, 0.5) is 0 Å². The number of ether oxygens (including phenoxy) is 4. The number of benzene rings is 2. The molecule has 1 aliphatic heterocycles. The molecule has 9 nitrogen and oxygen atoms in total. The number of nitrogens with zero attached hydrogens (tertiary/aromatic N) is 1. The van der Waals surface area contributed by atoms with Crippen LogP contribution in [0, 0.1) is 0 Å². The Kier molecular flexibility index (Phi) is 9.08. The summed E-state index contributed by atoms with van der Waals surface area (Å²) in [6.45, 7) is 5.54. The van der Waals surface area contributed by atoms with E-state index < -0.39 is 17.9 Å². The molecule has 1 aliphatic rings. The van der Waals surface area contributed by atoms with Gasteiger partial charge in [0.05, 0.1) is 50.5 Å². The van der Waals surface area contributed by atoms with E-state index >= 15 is 0 Å². The summed E-state index contributed by atoms with van der Waals surface area (Å²) in [5.74, 6) is -0.0798. The molecule has 0 aromatic heterocycles. The second-order valence-electron chi connectivity index (χ2n) is 7.94. The Hall–Kier alpha value is -3.59. The summed E-state index contributed by atoms with van der Waals surface area (Å²) in [6, 6.07) is 9.73. The molecule has 35 heavy (non-hydrogen) atoms. The van der Waals surface area contributed by atoms with Crippen molar-refractivity contribution in [2.24, 2.45) is 0 Å². The Morgan fingerprint density at radius 2 is 1.89 bits per heavy atom. The number of fused-ring (bicyclic) bond motifs is 1. The van der Waals surface area contributed by atoms with Gasteiger partial charge in [0.1, 0.15) is 0 Å². The number of hydrogen-bond donors (Lipinski definition) is 1. The minimum Gasteiger partial charge on any atom is -0.493 e. The van der Waals surface area contributed by atoms with E-state index in [1.165, 1.54) is 7.11 Å². The summed E-state index contributed by atoms with van der Waals surface area (Å²) in [4.78, 5) is 40.4. The van der Waals surface area contributed by atoms with Gasteiger partial charge in [0.25, 0.3) is 11.8 Å². The van der Waals surface area contributed by atoms with Crippen molar-refractivity contribution in [1.29, 1.82) is 0 Å². The molecule has 0 saturated heterocycles. The summed E-state index contributed by atoms with van der Waals surface area (Å²) in [5, 5.41) is 2.92. The van der Waals surface area contributed by atoms with Gasteiger partial charge in [-0.15, -0.1) is 0 Å². The molecular formula is C26H32N2O7. The number of methoxy groups -OCH3 is 2. The van der Waals surface area contributed by atoms with Crippen LogP contribution in [-0.2, 0) is 20.8 Å². The minimum absolute atomic E-state index is 0.0837. The summed E-state index contributed by atoms with van der Waals surface area (Å²) >= 11 is 0. The van der Waals surface area contributed by atoms with Crippen LogP contribution in [0.15, 0.2) is 36.4 Å². The summed E-state index contributed by atoms with van der Waals surface area (Å²) in [6.07, 6.45) is -0.0837. The van der Waals surface area contributed by atoms with Crippen LogP contribution in [0.3, 0.4) is 0 Å². The summed E-state index contributed by atoms with van der Waals surface area (Å²) in [5.41, 5.74) is 2.07. The predicted octanol–water partition coefficient (Wildman–Crippen LogP) is 3.12. The molecule has 1 N–H and O–H groups in total. The van der Waals surface area contributed by atoms with Crippen molar-refractivity contribution in [3.63, 3.8) is 0 Å². The molecule has 2 aromatic carbocycles. The standard InChI is InChI=1S/C26H32N2O7/c1-5-34-21-11-10-17(14-22(21)33-4)20(15-23(29)35-6-2)27-25(30)19-9-7-8-18-16-28(12-13-32-3)26(31)24(18)19/h7-11,14,20H,5-6,12-13,15-16H2,1-4H3,(H,27,30). The van der Waals surface area contributed by atoms with E-state index in [1.54, 1.807) is 49.3 Å². The van der Waals surface area contributed by atoms with E-state index in [2.05, 4.69) is 5.32 Å². The maximum Gasteiger partial charge on any atom is 0.308 e. The molecule has 2 amide bonds. The third-order valence-corrected chi connectivity index (χ3v) is 5.69. The Labute approximate surface area is 205 Å². The van der Waals surface area contributed by atoms with Crippen LogP contribution in [0.1, 0.15) is 58.2 Å². The van der Waals surface area contributed by atoms with Crippen LogP contribution in [0.2, 0.25) is 0 Å². The van der Waals surface area contributed by atoms with Crippen LogP contribution in [0.5, 0.6) is 11.5 Å². The Balaban J connectivity index is 1.90. The van der Waals surface area contributed by atoms with Crippen molar-refractivity contribution in [3.8, 4) is 11.5 Å². The van der Waals surface area contributed by atoms with Crippen molar-refractivity contribution < 1.29 is 33.3 Å². The minimum atomic E-state index is -0.705. The fourth-order valence-electron chi connectivity index (χ4n) is 4.04.